The van der Waals surface area contributed by atoms with Crippen LogP contribution in [0.1, 0.15) is 41.0 Å². The van der Waals surface area contributed by atoms with Gasteiger partial charge in [-0.15, -0.1) is 0 Å². The second-order valence-corrected chi connectivity index (χ2v) is 5.53. The molecule has 0 spiro atoms. The second kappa shape index (κ2) is 4.30. The predicted octanol–water partition coefficient (Wildman–Crippen LogP) is 2.70. The number of ketones is 1. The van der Waals surface area contributed by atoms with Gasteiger partial charge in [-0.25, -0.2) is 0 Å². The second-order valence-electron chi connectivity index (χ2n) is 5.53. The topological polar surface area (TPSA) is 35.5 Å². The van der Waals surface area contributed by atoms with Gasteiger partial charge in [0, 0.05) is 12.5 Å². The van der Waals surface area contributed by atoms with Crippen molar-refractivity contribution in [3.05, 3.63) is 11.6 Å². The number of methoxy groups -OCH3 is 1. The number of hydrogen-bond acceptors (Lipinski definition) is 3. The van der Waals surface area contributed by atoms with Crippen LogP contribution in [-0.2, 0) is 14.3 Å². The molecule has 0 aromatic rings. The zero-order valence-electron chi connectivity index (χ0n) is 11.1. The Morgan fingerprint density at radius 2 is 2.00 bits per heavy atom. The number of ether oxygens (including phenoxy) is 2. The summed E-state index contributed by atoms with van der Waals surface area (Å²) in [6.07, 6.45) is 2.55. The molecule has 0 amide bonds. The minimum absolute atomic E-state index is 0.0531. The van der Waals surface area contributed by atoms with E-state index in [0.717, 1.165) is 5.57 Å². The van der Waals surface area contributed by atoms with Gasteiger partial charge in [-0.1, -0.05) is 13.8 Å². The molecule has 0 aromatic carbocycles. The molecule has 3 heteroatoms. The van der Waals surface area contributed by atoms with Crippen molar-refractivity contribution in [3.63, 3.8) is 0 Å². The Labute approximate surface area is 97.8 Å². The highest BCUT2D eigenvalue weighted by Gasteiger charge is 2.37. The molecule has 1 aliphatic carbocycles. The number of hydrogen-bond donors (Lipinski definition) is 0. The molecule has 1 rings (SSSR count). The van der Waals surface area contributed by atoms with Gasteiger partial charge in [0.25, 0.3) is 0 Å². The molecule has 1 atom stereocenters. The molecule has 92 valence electrons. The van der Waals surface area contributed by atoms with Crippen molar-refractivity contribution >= 4 is 5.78 Å². The predicted molar refractivity (Wildman–Crippen MR) is 63.1 cm³/mol. The van der Waals surface area contributed by atoms with E-state index in [4.69, 9.17) is 9.47 Å². The van der Waals surface area contributed by atoms with Crippen molar-refractivity contribution in [1.29, 1.82) is 0 Å². The lowest BCUT2D eigenvalue weighted by atomic mass is 9.75. The summed E-state index contributed by atoms with van der Waals surface area (Å²) in [6, 6.07) is 0. The van der Waals surface area contributed by atoms with Crippen LogP contribution < -0.4 is 0 Å². The van der Waals surface area contributed by atoms with Crippen molar-refractivity contribution in [2.75, 3.05) is 7.11 Å². The average molecular weight is 226 g/mol. The van der Waals surface area contributed by atoms with E-state index in [1.807, 2.05) is 40.7 Å². The molecular weight excluding hydrogens is 204 g/mol. The lowest BCUT2D eigenvalue weighted by molar-refractivity contribution is -0.219. The smallest absolute Gasteiger partial charge is 0.164 e. The molecule has 0 saturated heterocycles. The highest BCUT2D eigenvalue weighted by Crippen LogP contribution is 2.34. The minimum atomic E-state index is -0.613. The van der Waals surface area contributed by atoms with Gasteiger partial charge >= 0.3 is 0 Å². The Bertz CT molecular complexity index is 313. The van der Waals surface area contributed by atoms with Gasteiger partial charge in [0.2, 0.25) is 0 Å². The van der Waals surface area contributed by atoms with E-state index >= 15 is 0 Å². The summed E-state index contributed by atoms with van der Waals surface area (Å²) in [7, 11) is 1.62. The zero-order chi connectivity index (χ0) is 12.6. The number of allylic oxidation sites excluding steroid dienone is 1. The maximum atomic E-state index is 11.9. The van der Waals surface area contributed by atoms with Crippen LogP contribution in [0, 0.1) is 5.41 Å². The van der Waals surface area contributed by atoms with E-state index < -0.39 is 5.79 Å². The summed E-state index contributed by atoms with van der Waals surface area (Å²) >= 11 is 0. The quantitative estimate of drug-likeness (QED) is 0.694. The van der Waals surface area contributed by atoms with E-state index in [2.05, 4.69) is 0 Å². The molecule has 1 aliphatic rings. The Balaban J connectivity index is 2.82. The molecule has 16 heavy (non-hydrogen) atoms. The first kappa shape index (κ1) is 13.4. The lowest BCUT2D eigenvalue weighted by Crippen LogP contribution is -2.39. The molecule has 0 N–H and O–H groups in total. The summed E-state index contributed by atoms with van der Waals surface area (Å²) in [5.74, 6) is -0.402. The van der Waals surface area contributed by atoms with Crippen LogP contribution in [0.25, 0.3) is 0 Å². The molecule has 0 heterocycles. The minimum Gasteiger partial charge on any atom is -0.354 e. The highest BCUT2D eigenvalue weighted by atomic mass is 16.7. The SMILES string of the molecule is COC(C)(C)O[C@@H]1C=C(C)C(=O)C(C)(C)C1. The van der Waals surface area contributed by atoms with Crippen molar-refractivity contribution in [1.82, 2.24) is 0 Å². The van der Waals surface area contributed by atoms with E-state index in [1.165, 1.54) is 0 Å². The molecule has 0 aromatic heterocycles. The molecule has 0 aliphatic heterocycles. The van der Waals surface area contributed by atoms with Gasteiger partial charge in [-0.05, 0) is 38.8 Å². The Hall–Kier alpha value is -0.670. The maximum absolute atomic E-state index is 11.9. The highest BCUT2D eigenvalue weighted by molar-refractivity contribution is 5.99. The number of Topliss-reactive ketones (excluding diaryl/α,β-unsaturated/α-hetero) is 1. The third-order valence-electron chi connectivity index (χ3n) is 3.05. The first-order chi connectivity index (χ1) is 7.18. The molecule has 0 radical (unpaired) electrons. The fourth-order valence-electron chi connectivity index (χ4n) is 2.03. The van der Waals surface area contributed by atoms with Crippen LogP contribution in [-0.4, -0.2) is 24.8 Å². The van der Waals surface area contributed by atoms with Crippen molar-refractivity contribution in [2.45, 2.75) is 52.9 Å². The summed E-state index contributed by atoms with van der Waals surface area (Å²) in [4.78, 5) is 11.9. The van der Waals surface area contributed by atoms with Gasteiger partial charge in [0.1, 0.15) is 0 Å². The van der Waals surface area contributed by atoms with E-state index in [1.54, 1.807) is 7.11 Å². The van der Waals surface area contributed by atoms with Gasteiger partial charge in [0.15, 0.2) is 11.6 Å². The number of carbonyl (C=O) groups is 1. The normalized spacial score (nSPS) is 25.5. The van der Waals surface area contributed by atoms with Gasteiger partial charge in [-0.3, -0.25) is 4.79 Å². The Morgan fingerprint density at radius 3 is 2.44 bits per heavy atom. The van der Waals surface area contributed by atoms with E-state index in [-0.39, 0.29) is 17.3 Å². The lowest BCUT2D eigenvalue weighted by Gasteiger charge is -2.36. The van der Waals surface area contributed by atoms with E-state index in [9.17, 15) is 4.79 Å². The van der Waals surface area contributed by atoms with Gasteiger partial charge in [0.05, 0.1) is 6.10 Å². The van der Waals surface area contributed by atoms with Crippen molar-refractivity contribution in [3.8, 4) is 0 Å². The largest absolute Gasteiger partial charge is 0.354 e. The Morgan fingerprint density at radius 1 is 1.44 bits per heavy atom. The average Bonchev–Trinajstić information content (AvgIpc) is 2.13. The molecular formula is C13H22O3. The fraction of sp³-hybridized carbons (Fsp3) is 0.769. The van der Waals surface area contributed by atoms with Crippen LogP contribution >= 0.6 is 0 Å². The van der Waals surface area contributed by atoms with Crippen LogP contribution in [0.3, 0.4) is 0 Å². The van der Waals surface area contributed by atoms with Crippen molar-refractivity contribution < 1.29 is 14.3 Å². The summed E-state index contributed by atoms with van der Waals surface area (Å²) in [6.45, 7) is 9.52. The van der Waals surface area contributed by atoms with Crippen LogP contribution in [0.5, 0.6) is 0 Å². The molecule has 0 unspecified atom stereocenters. The first-order valence-corrected chi connectivity index (χ1v) is 5.64. The van der Waals surface area contributed by atoms with Crippen molar-refractivity contribution in [2.24, 2.45) is 5.41 Å². The molecule has 3 nitrogen and oxygen atoms in total. The zero-order valence-corrected chi connectivity index (χ0v) is 11.1. The van der Waals surface area contributed by atoms with Crippen LogP contribution in [0.15, 0.2) is 11.6 Å². The Kier molecular flexibility index (Phi) is 3.60. The summed E-state index contributed by atoms with van der Waals surface area (Å²) < 4.78 is 11.1. The standard InChI is InChI=1S/C13H22O3/c1-9-7-10(16-13(4,5)15-6)8-12(2,3)11(9)14/h7,10H,8H2,1-6H3/t10-/m1/s1. The first-order valence-electron chi connectivity index (χ1n) is 5.64. The van der Waals surface area contributed by atoms with Crippen LogP contribution in [0.2, 0.25) is 0 Å². The monoisotopic (exact) mass is 226 g/mol. The van der Waals surface area contributed by atoms with E-state index in [0.29, 0.717) is 6.42 Å². The fourth-order valence-corrected chi connectivity index (χ4v) is 2.03. The molecule has 0 fully saturated rings. The maximum Gasteiger partial charge on any atom is 0.164 e. The molecule has 0 saturated carbocycles. The van der Waals surface area contributed by atoms with Gasteiger partial charge in [-0.2, -0.15) is 0 Å². The summed E-state index contributed by atoms with van der Waals surface area (Å²) in [5, 5.41) is 0. The third kappa shape index (κ3) is 2.92. The molecule has 0 bridgehead atoms. The number of carbonyl (C=O) groups excluding carboxylic acids is 1. The van der Waals surface area contributed by atoms with Gasteiger partial charge < -0.3 is 9.47 Å². The number of rotatable bonds is 3. The third-order valence-corrected chi connectivity index (χ3v) is 3.05. The van der Waals surface area contributed by atoms with Crippen LogP contribution in [0.4, 0.5) is 0 Å². The summed E-state index contributed by atoms with van der Waals surface area (Å²) in [5.41, 5.74) is 0.445.